The minimum absolute atomic E-state index is 0.0919. The molecule has 0 spiro atoms. The molecule has 0 radical (unpaired) electrons. The Morgan fingerprint density at radius 1 is 1.69 bits per heavy atom. The highest BCUT2D eigenvalue weighted by molar-refractivity contribution is 5.65. The first-order valence-corrected chi connectivity index (χ1v) is 4.82. The standard InChI is InChI=1S/C9H15NO3/c1-7(11)12-6-9-5-8-3-2-4-10(8)13-9/h8-9H,2-6H2,1H3/t8-,9+/m1/s1. The number of fused-ring (bicyclic) bond motifs is 1. The van der Waals surface area contributed by atoms with Crippen LogP contribution in [-0.4, -0.2) is 36.3 Å². The zero-order valence-corrected chi connectivity index (χ0v) is 7.86. The van der Waals surface area contributed by atoms with Crippen LogP contribution in [0.1, 0.15) is 26.2 Å². The van der Waals surface area contributed by atoms with Gasteiger partial charge in [0.2, 0.25) is 0 Å². The number of hydrogen-bond donors (Lipinski definition) is 0. The quantitative estimate of drug-likeness (QED) is 0.594. The van der Waals surface area contributed by atoms with E-state index in [4.69, 9.17) is 9.57 Å². The lowest BCUT2D eigenvalue weighted by molar-refractivity contribution is -0.170. The first kappa shape index (κ1) is 8.97. The van der Waals surface area contributed by atoms with Crippen LogP contribution in [0.25, 0.3) is 0 Å². The lowest BCUT2D eigenvalue weighted by Gasteiger charge is -2.13. The van der Waals surface area contributed by atoms with Gasteiger partial charge >= 0.3 is 5.97 Å². The van der Waals surface area contributed by atoms with E-state index in [0.29, 0.717) is 12.6 Å². The zero-order chi connectivity index (χ0) is 9.26. The molecule has 0 aromatic rings. The second kappa shape index (κ2) is 3.64. The molecule has 0 aliphatic carbocycles. The Bertz CT molecular complexity index is 195. The topological polar surface area (TPSA) is 38.8 Å². The normalized spacial score (nSPS) is 33.3. The minimum Gasteiger partial charge on any atom is -0.463 e. The molecule has 2 rings (SSSR count). The van der Waals surface area contributed by atoms with Gasteiger partial charge in [0.05, 0.1) is 0 Å². The number of esters is 1. The van der Waals surface area contributed by atoms with Gasteiger partial charge in [0.25, 0.3) is 0 Å². The highest BCUT2D eigenvalue weighted by atomic mass is 16.7. The Morgan fingerprint density at radius 2 is 2.54 bits per heavy atom. The van der Waals surface area contributed by atoms with Crippen molar-refractivity contribution in [1.29, 1.82) is 0 Å². The van der Waals surface area contributed by atoms with Gasteiger partial charge < -0.3 is 4.74 Å². The van der Waals surface area contributed by atoms with Crippen LogP contribution < -0.4 is 0 Å². The molecule has 0 saturated carbocycles. The van der Waals surface area contributed by atoms with Crippen LogP contribution in [0, 0.1) is 0 Å². The number of rotatable bonds is 2. The van der Waals surface area contributed by atoms with E-state index >= 15 is 0 Å². The molecule has 2 aliphatic rings. The molecule has 0 bridgehead atoms. The van der Waals surface area contributed by atoms with Crippen molar-refractivity contribution in [2.24, 2.45) is 0 Å². The minimum atomic E-state index is -0.226. The number of ether oxygens (including phenoxy) is 1. The largest absolute Gasteiger partial charge is 0.463 e. The smallest absolute Gasteiger partial charge is 0.302 e. The third-order valence-corrected chi connectivity index (χ3v) is 2.62. The molecule has 2 atom stereocenters. The number of hydrogen-bond acceptors (Lipinski definition) is 4. The van der Waals surface area contributed by atoms with E-state index in [-0.39, 0.29) is 12.1 Å². The van der Waals surface area contributed by atoms with E-state index in [1.54, 1.807) is 0 Å². The molecule has 0 aromatic heterocycles. The third-order valence-electron chi connectivity index (χ3n) is 2.62. The Morgan fingerprint density at radius 3 is 3.23 bits per heavy atom. The molecule has 2 heterocycles. The lowest BCUT2D eigenvalue weighted by atomic mass is 10.1. The maximum absolute atomic E-state index is 10.6. The van der Waals surface area contributed by atoms with Crippen LogP contribution in [0.2, 0.25) is 0 Å². The van der Waals surface area contributed by atoms with Crippen molar-refractivity contribution in [1.82, 2.24) is 5.06 Å². The van der Waals surface area contributed by atoms with Gasteiger partial charge in [0.15, 0.2) is 0 Å². The Labute approximate surface area is 77.7 Å². The van der Waals surface area contributed by atoms with Crippen LogP contribution in [-0.2, 0) is 14.4 Å². The van der Waals surface area contributed by atoms with Crippen molar-refractivity contribution < 1.29 is 14.4 Å². The summed E-state index contributed by atoms with van der Waals surface area (Å²) in [6.45, 7) is 2.86. The summed E-state index contributed by atoms with van der Waals surface area (Å²) in [5.41, 5.74) is 0. The Balaban J connectivity index is 1.75. The summed E-state index contributed by atoms with van der Waals surface area (Å²) in [5, 5.41) is 2.04. The fraction of sp³-hybridized carbons (Fsp3) is 0.889. The summed E-state index contributed by atoms with van der Waals surface area (Å²) in [5.74, 6) is -0.226. The molecule has 74 valence electrons. The molecular formula is C9H15NO3. The SMILES string of the molecule is CC(=O)OC[C@@H]1C[C@H]2CCCN2O1. The van der Waals surface area contributed by atoms with E-state index in [2.05, 4.69) is 0 Å². The fourth-order valence-electron chi connectivity index (χ4n) is 2.03. The average molecular weight is 185 g/mol. The van der Waals surface area contributed by atoms with Gasteiger partial charge in [-0.25, -0.2) is 0 Å². The molecular weight excluding hydrogens is 170 g/mol. The van der Waals surface area contributed by atoms with E-state index in [1.165, 1.54) is 19.8 Å². The number of nitrogens with zero attached hydrogens (tertiary/aromatic N) is 1. The van der Waals surface area contributed by atoms with Crippen molar-refractivity contribution in [2.45, 2.75) is 38.3 Å². The monoisotopic (exact) mass is 185 g/mol. The van der Waals surface area contributed by atoms with Crippen LogP contribution in [0.4, 0.5) is 0 Å². The third kappa shape index (κ3) is 2.00. The van der Waals surface area contributed by atoms with Crippen molar-refractivity contribution in [3.63, 3.8) is 0 Å². The number of hydroxylamine groups is 2. The van der Waals surface area contributed by atoms with Gasteiger partial charge in [-0.3, -0.25) is 9.63 Å². The molecule has 4 heteroatoms. The Kier molecular flexibility index (Phi) is 2.51. The predicted octanol–water partition coefficient (Wildman–Crippen LogP) is 0.718. The van der Waals surface area contributed by atoms with Gasteiger partial charge in [0.1, 0.15) is 12.7 Å². The summed E-state index contributed by atoms with van der Waals surface area (Å²) in [6, 6.07) is 0.570. The van der Waals surface area contributed by atoms with Crippen LogP contribution >= 0.6 is 0 Å². The van der Waals surface area contributed by atoms with Crippen molar-refractivity contribution in [3.8, 4) is 0 Å². The maximum atomic E-state index is 10.6. The Hall–Kier alpha value is -0.610. The summed E-state index contributed by atoms with van der Waals surface area (Å²) in [4.78, 5) is 16.1. The molecule has 0 unspecified atom stereocenters. The van der Waals surface area contributed by atoms with Crippen LogP contribution in [0.5, 0.6) is 0 Å². The first-order valence-electron chi connectivity index (χ1n) is 4.82. The molecule has 2 fully saturated rings. The highest BCUT2D eigenvalue weighted by Crippen LogP contribution is 2.29. The average Bonchev–Trinajstić information content (AvgIpc) is 2.58. The molecule has 2 aliphatic heterocycles. The van der Waals surface area contributed by atoms with Gasteiger partial charge in [-0.15, -0.1) is 0 Å². The predicted molar refractivity (Wildman–Crippen MR) is 45.9 cm³/mol. The van der Waals surface area contributed by atoms with Gasteiger partial charge in [-0.2, -0.15) is 5.06 Å². The molecule has 0 N–H and O–H groups in total. The van der Waals surface area contributed by atoms with Crippen LogP contribution in [0.15, 0.2) is 0 Å². The molecule has 2 saturated heterocycles. The van der Waals surface area contributed by atoms with Gasteiger partial charge in [-0.05, 0) is 19.3 Å². The lowest BCUT2D eigenvalue weighted by Crippen LogP contribution is -2.22. The molecule has 0 amide bonds. The second-order valence-electron chi connectivity index (χ2n) is 3.70. The van der Waals surface area contributed by atoms with Crippen LogP contribution in [0.3, 0.4) is 0 Å². The van der Waals surface area contributed by atoms with E-state index in [1.807, 2.05) is 5.06 Å². The van der Waals surface area contributed by atoms with E-state index in [0.717, 1.165) is 13.0 Å². The highest BCUT2D eigenvalue weighted by Gasteiger charge is 2.36. The summed E-state index contributed by atoms with van der Waals surface area (Å²) in [6.07, 6.45) is 3.55. The van der Waals surface area contributed by atoms with Crippen molar-refractivity contribution >= 4 is 5.97 Å². The number of carbonyl (C=O) groups excluding carboxylic acids is 1. The summed E-state index contributed by atoms with van der Waals surface area (Å²) < 4.78 is 4.90. The summed E-state index contributed by atoms with van der Waals surface area (Å²) in [7, 11) is 0. The molecule has 0 aromatic carbocycles. The molecule has 4 nitrogen and oxygen atoms in total. The van der Waals surface area contributed by atoms with Crippen molar-refractivity contribution in [3.05, 3.63) is 0 Å². The molecule has 13 heavy (non-hydrogen) atoms. The zero-order valence-electron chi connectivity index (χ0n) is 7.86. The van der Waals surface area contributed by atoms with E-state index < -0.39 is 0 Å². The van der Waals surface area contributed by atoms with E-state index in [9.17, 15) is 4.79 Å². The maximum Gasteiger partial charge on any atom is 0.302 e. The van der Waals surface area contributed by atoms with Gasteiger partial charge in [0, 0.05) is 19.5 Å². The second-order valence-corrected chi connectivity index (χ2v) is 3.70. The van der Waals surface area contributed by atoms with Crippen molar-refractivity contribution in [2.75, 3.05) is 13.2 Å². The first-order chi connectivity index (χ1) is 6.25. The fourth-order valence-corrected chi connectivity index (χ4v) is 2.03. The summed E-state index contributed by atoms with van der Waals surface area (Å²) >= 11 is 0. The number of carbonyl (C=O) groups is 1. The van der Waals surface area contributed by atoms with Gasteiger partial charge in [-0.1, -0.05) is 0 Å².